The fraction of sp³-hybridized carbons (Fsp3) is 0.375. The molecule has 1 saturated carbocycles. The van der Waals surface area contributed by atoms with Gasteiger partial charge >= 0.3 is 5.97 Å². The molecule has 7 heteroatoms. The van der Waals surface area contributed by atoms with Crippen LogP contribution in [0.2, 0.25) is 0 Å². The molecular formula is C16H13F4NO2. The van der Waals surface area contributed by atoms with Crippen molar-refractivity contribution in [3.63, 3.8) is 0 Å². The smallest absolute Gasteiger partial charge is 0.310 e. The number of hydrogen-bond donors (Lipinski definition) is 0. The van der Waals surface area contributed by atoms with Gasteiger partial charge in [0, 0.05) is 11.6 Å². The van der Waals surface area contributed by atoms with Crippen LogP contribution in [0.4, 0.5) is 17.6 Å². The fourth-order valence-electron chi connectivity index (χ4n) is 2.60. The lowest BCUT2D eigenvalue weighted by Crippen LogP contribution is -2.12. The predicted octanol–water partition coefficient (Wildman–Crippen LogP) is 3.64. The van der Waals surface area contributed by atoms with Crippen LogP contribution < -0.4 is 0 Å². The van der Waals surface area contributed by atoms with E-state index in [1.165, 1.54) is 6.08 Å². The first-order chi connectivity index (χ1) is 10.7. The Kier molecular flexibility index (Phi) is 4.46. The standard InChI is InChI=1S/C16H13F4NO2/c1-16(2)9(4-3-5-21)11(16)15(22)23-7-8-6-10(17)13(19)14(20)12(8)18/h3-4,6,9,11H,7H2,1-2H3/b4-3-. The van der Waals surface area contributed by atoms with Gasteiger partial charge in [-0.3, -0.25) is 4.79 Å². The fourth-order valence-corrected chi connectivity index (χ4v) is 2.60. The van der Waals surface area contributed by atoms with Gasteiger partial charge in [-0.05, 0) is 17.4 Å². The lowest BCUT2D eigenvalue weighted by molar-refractivity contribution is -0.147. The molecular weight excluding hydrogens is 314 g/mol. The van der Waals surface area contributed by atoms with E-state index in [0.717, 1.165) is 0 Å². The highest BCUT2D eigenvalue weighted by molar-refractivity contribution is 5.78. The van der Waals surface area contributed by atoms with Crippen LogP contribution in [0.3, 0.4) is 0 Å². The third kappa shape index (κ3) is 3.07. The number of esters is 1. The minimum absolute atomic E-state index is 0.207. The third-order valence-electron chi connectivity index (χ3n) is 4.09. The van der Waals surface area contributed by atoms with E-state index in [1.807, 2.05) is 6.07 Å². The van der Waals surface area contributed by atoms with Gasteiger partial charge in [0.15, 0.2) is 23.3 Å². The summed E-state index contributed by atoms with van der Waals surface area (Å²) in [5.41, 5.74) is -1.01. The largest absolute Gasteiger partial charge is 0.460 e. The highest BCUT2D eigenvalue weighted by Crippen LogP contribution is 2.59. The predicted molar refractivity (Wildman–Crippen MR) is 71.6 cm³/mol. The monoisotopic (exact) mass is 327 g/mol. The third-order valence-corrected chi connectivity index (χ3v) is 4.09. The van der Waals surface area contributed by atoms with Crippen LogP contribution in [0.25, 0.3) is 0 Å². The van der Waals surface area contributed by atoms with E-state index < -0.39 is 52.7 Å². The summed E-state index contributed by atoms with van der Waals surface area (Å²) >= 11 is 0. The normalized spacial score (nSPS) is 22.0. The van der Waals surface area contributed by atoms with Crippen molar-refractivity contribution in [2.75, 3.05) is 0 Å². The summed E-state index contributed by atoms with van der Waals surface area (Å²) in [4.78, 5) is 12.0. The Hall–Kier alpha value is -2.36. The molecule has 23 heavy (non-hydrogen) atoms. The zero-order chi connectivity index (χ0) is 17.4. The molecule has 0 aliphatic heterocycles. The number of hydrogen-bond acceptors (Lipinski definition) is 3. The molecule has 122 valence electrons. The van der Waals surface area contributed by atoms with Crippen molar-refractivity contribution in [1.29, 1.82) is 5.26 Å². The molecule has 1 aliphatic carbocycles. The van der Waals surface area contributed by atoms with Crippen LogP contribution in [0.15, 0.2) is 18.2 Å². The second-order valence-corrected chi connectivity index (χ2v) is 5.88. The topological polar surface area (TPSA) is 50.1 Å². The first-order valence-corrected chi connectivity index (χ1v) is 6.76. The Morgan fingerprint density at radius 1 is 1.30 bits per heavy atom. The van der Waals surface area contributed by atoms with Gasteiger partial charge in [-0.2, -0.15) is 5.26 Å². The number of nitriles is 1. The first-order valence-electron chi connectivity index (χ1n) is 6.76. The van der Waals surface area contributed by atoms with Gasteiger partial charge in [-0.1, -0.05) is 19.9 Å². The molecule has 1 aromatic rings. The summed E-state index contributed by atoms with van der Waals surface area (Å²) in [6.45, 7) is 2.88. The summed E-state index contributed by atoms with van der Waals surface area (Å²) < 4.78 is 57.4. The molecule has 0 spiro atoms. The van der Waals surface area contributed by atoms with Gasteiger partial charge in [0.25, 0.3) is 0 Å². The van der Waals surface area contributed by atoms with Crippen molar-refractivity contribution in [2.45, 2.75) is 20.5 Å². The van der Waals surface area contributed by atoms with E-state index in [2.05, 4.69) is 0 Å². The van der Waals surface area contributed by atoms with Crippen LogP contribution in [-0.2, 0) is 16.1 Å². The van der Waals surface area contributed by atoms with Gasteiger partial charge in [0.1, 0.15) is 6.61 Å². The molecule has 2 rings (SSSR count). The second kappa shape index (κ2) is 6.03. The SMILES string of the molecule is CC1(C)C(/C=C\C#N)C1C(=O)OCc1cc(F)c(F)c(F)c1F. The van der Waals surface area contributed by atoms with Crippen LogP contribution >= 0.6 is 0 Å². The maximum absolute atomic E-state index is 13.5. The van der Waals surface area contributed by atoms with Crippen LogP contribution in [0.5, 0.6) is 0 Å². The highest BCUT2D eigenvalue weighted by Gasteiger charge is 2.61. The Morgan fingerprint density at radius 3 is 2.57 bits per heavy atom. The summed E-state index contributed by atoms with van der Waals surface area (Å²) in [5.74, 6) is -8.43. The molecule has 1 aromatic carbocycles. The van der Waals surface area contributed by atoms with E-state index >= 15 is 0 Å². The quantitative estimate of drug-likeness (QED) is 0.279. The average Bonchev–Trinajstić information content (AvgIpc) is 3.06. The molecule has 0 N–H and O–H groups in total. The molecule has 2 unspecified atom stereocenters. The van der Waals surface area contributed by atoms with Crippen molar-refractivity contribution >= 4 is 5.97 Å². The molecule has 0 saturated heterocycles. The van der Waals surface area contributed by atoms with Crippen LogP contribution in [0.1, 0.15) is 19.4 Å². The van der Waals surface area contributed by atoms with E-state index in [0.29, 0.717) is 6.07 Å². The molecule has 0 radical (unpaired) electrons. The molecule has 1 aliphatic rings. The maximum atomic E-state index is 13.5. The van der Waals surface area contributed by atoms with E-state index in [1.54, 1.807) is 19.9 Å². The average molecular weight is 327 g/mol. The van der Waals surface area contributed by atoms with Gasteiger partial charge in [0.2, 0.25) is 0 Å². The number of benzene rings is 1. The second-order valence-electron chi connectivity index (χ2n) is 5.88. The lowest BCUT2D eigenvalue weighted by atomic mass is 10.1. The number of carbonyl (C=O) groups excluding carboxylic acids is 1. The van der Waals surface area contributed by atoms with E-state index in [9.17, 15) is 22.4 Å². The Balaban J connectivity index is 2.07. The van der Waals surface area contributed by atoms with Crippen LogP contribution in [-0.4, -0.2) is 5.97 Å². The van der Waals surface area contributed by atoms with Gasteiger partial charge < -0.3 is 4.74 Å². The molecule has 0 amide bonds. The summed E-state index contributed by atoms with van der Waals surface area (Å²) in [7, 11) is 0. The van der Waals surface area contributed by atoms with Gasteiger partial charge in [0.05, 0.1) is 12.0 Å². The summed E-state index contributed by atoms with van der Waals surface area (Å²) in [6.07, 6.45) is 2.83. The number of nitrogens with zero attached hydrogens (tertiary/aromatic N) is 1. The van der Waals surface area contributed by atoms with Crippen LogP contribution in [0, 0.1) is 51.9 Å². The minimum Gasteiger partial charge on any atom is -0.460 e. The lowest BCUT2D eigenvalue weighted by Gasteiger charge is -2.08. The summed E-state index contributed by atoms with van der Waals surface area (Å²) in [6, 6.07) is 2.27. The van der Waals surface area contributed by atoms with Crippen molar-refractivity contribution in [2.24, 2.45) is 17.3 Å². The number of carbonyl (C=O) groups is 1. The highest BCUT2D eigenvalue weighted by atomic mass is 19.2. The molecule has 0 aromatic heterocycles. The van der Waals surface area contributed by atoms with Crippen molar-refractivity contribution in [1.82, 2.24) is 0 Å². The maximum Gasteiger partial charge on any atom is 0.310 e. The number of rotatable bonds is 4. The molecule has 1 fully saturated rings. The van der Waals surface area contributed by atoms with E-state index in [-0.39, 0.29) is 5.92 Å². The Bertz CT molecular complexity index is 722. The molecule has 2 atom stereocenters. The zero-order valence-corrected chi connectivity index (χ0v) is 12.4. The zero-order valence-electron chi connectivity index (χ0n) is 12.4. The van der Waals surface area contributed by atoms with Crippen molar-refractivity contribution in [3.8, 4) is 6.07 Å². The molecule has 3 nitrogen and oxygen atoms in total. The molecule has 0 heterocycles. The van der Waals surface area contributed by atoms with Gasteiger partial charge in [-0.15, -0.1) is 0 Å². The van der Waals surface area contributed by atoms with Crippen molar-refractivity contribution in [3.05, 3.63) is 47.1 Å². The Morgan fingerprint density at radius 2 is 1.96 bits per heavy atom. The first kappa shape index (κ1) is 17.0. The minimum atomic E-state index is -1.95. The van der Waals surface area contributed by atoms with E-state index in [4.69, 9.17) is 10.00 Å². The number of allylic oxidation sites excluding steroid dienone is 2. The van der Waals surface area contributed by atoms with Crippen molar-refractivity contribution < 1.29 is 27.1 Å². The Labute approximate surface area is 130 Å². The molecule has 0 bridgehead atoms. The number of ether oxygens (including phenoxy) is 1. The summed E-state index contributed by atoms with van der Waals surface area (Å²) in [5, 5.41) is 8.50. The van der Waals surface area contributed by atoms with Gasteiger partial charge in [-0.25, -0.2) is 17.6 Å². The number of halogens is 4.